The number of ether oxygens (including phenoxy) is 3. The second-order valence-electron chi connectivity index (χ2n) is 7.11. The van der Waals surface area contributed by atoms with Gasteiger partial charge in [0.25, 0.3) is 17.7 Å². The number of carbonyl (C=O) groups excluding carboxylic acids is 4. The Morgan fingerprint density at radius 3 is 2.47 bits per heavy atom. The van der Waals surface area contributed by atoms with E-state index < -0.39 is 29.8 Å². The zero-order chi connectivity index (χ0) is 23.3. The molecule has 32 heavy (non-hydrogen) atoms. The zero-order valence-electron chi connectivity index (χ0n) is 18.0. The SMILES string of the molecule is COCCCN1C(=O)c2ccc(C(=O)O[C@@H](C)C(=O)Nc3ccccc3OC)cc2C1=O. The normalized spacial score (nSPS) is 13.5. The monoisotopic (exact) mass is 440 g/mol. The van der Waals surface area contributed by atoms with Crippen LogP contribution in [0.3, 0.4) is 0 Å². The van der Waals surface area contributed by atoms with Gasteiger partial charge in [-0.25, -0.2) is 4.79 Å². The van der Waals surface area contributed by atoms with Crippen LogP contribution in [0.1, 0.15) is 44.4 Å². The maximum absolute atomic E-state index is 12.6. The van der Waals surface area contributed by atoms with Crippen molar-refractivity contribution >= 4 is 29.4 Å². The van der Waals surface area contributed by atoms with Crippen molar-refractivity contribution in [2.75, 3.05) is 32.7 Å². The van der Waals surface area contributed by atoms with Crippen LogP contribution in [0.15, 0.2) is 42.5 Å². The number of amides is 3. The van der Waals surface area contributed by atoms with Gasteiger partial charge in [-0.15, -0.1) is 0 Å². The third kappa shape index (κ3) is 4.78. The van der Waals surface area contributed by atoms with Crippen LogP contribution in [0.2, 0.25) is 0 Å². The molecule has 0 unspecified atom stereocenters. The number of nitrogens with one attached hydrogen (secondary N) is 1. The van der Waals surface area contributed by atoms with Crippen LogP contribution in [0.25, 0.3) is 0 Å². The highest BCUT2D eigenvalue weighted by Crippen LogP contribution is 2.25. The van der Waals surface area contributed by atoms with Crippen LogP contribution in [0.4, 0.5) is 5.69 Å². The Kier molecular flexibility index (Phi) is 7.21. The highest BCUT2D eigenvalue weighted by atomic mass is 16.5. The van der Waals surface area contributed by atoms with Crippen molar-refractivity contribution in [3.63, 3.8) is 0 Å². The number of hydrogen-bond acceptors (Lipinski definition) is 7. The quantitative estimate of drug-likeness (QED) is 0.362. The number of carbonyl (C=O) groups is 4. The van der Waals surface area contributed by atoms with Gasteiger partial charge in [0.2, 0.25) is 0 Å². The van der Waals surface area contributed by atoms with Gasteiger partial charge in [0.15, 0.2) is 6.10 Å². The number of nitrogens with zero attached hydrogens (tertiary/aromatic N) is 1. The summed E-state index contributed by atoms with van der Waals surface area (Å²) in [6.45, 7) is 2.07. The van der Waals surface area contributed by atoms with Gasteiger partial charge in [0.05, 0.1) is 29.5 Å². The molecule has 0 aliphatic carbocycles. The van der Waals surface area contributed by atoms with Crippen molar-refractivity contribution in [3.8, 4) is 5.75 Å². The Labute approximate surface area is 185 Å². The minimum atomic E-state index is -1.11. The molecule has 1 heterocycles. The fourth-order valence-electron chi connectivity index (χ4n) is 3.25. The lowest BCUT2D eigenvalue weighted by Crippen LogP contribution is -2.31. The summed E-state index contributed by atoms with van der Waals surface area (Å²) in [6, 6.07) is 11.0. The number of methoxy groups -OCH3 is 2. The lowest BCUT2D eigenvalue weighted by Gasteiger charge is -2.15. The first-order valence-electron chi connectivity index (χ1n) is 10.0. The minimum absolute atomic E-state index is 0.0700. The van der Waals surface area contributed by atoms with Gasteiger partial charge in [-0.3, -0.25) is 19.3 Å². The van der Waals surface area contributed by atoms with E-state index in [2.05, 4.69) is 5.32 Å². The van der Waals surface area contributed by atoms with Gasteiger partial charge in [-0.05, 0) is 43.7 Å². The molecule has 0 saturated carbocycles. The fraction of sp³-hybridized carbons (Fsp3) is 0.304. The predicted octanol–water partition coefficient (Wildman–Crippen LogP) is 2.51. The number of anilines is 1. The van der Waals surface area contributed by atoms with Gasteiger partial charge in [0.1, 0.15) is 5.75 Å². The third-order valence-corrected chi connectivity index (χ3v) is 4.95. The van der Waals surface area contributed by atoms with Gasteiger partial charge in [0, 0.05) is 20.3 Å². The van der Waals surface area contributed by atoms with Crippen LogP contribution < -0.4 is 10.1 Å². The summed E-state index contributed by atoms with van der Waals surface area (Å²) in [5.74, 6) is -1.74. The van der Waals surface area contributed by atoms with Crippen LogP contribution in [0, 0.1) is 0 Å². The van der Waals surface area contributed by atoms with Gasteiger partial charge >= 0.3 is 5.97 Å². The maximum atomic E-state index is 12.6. The van der Waals surface area contributed by atoms with E-state index in [9.17, 15) is 19.2 Å². The topological polar surface area (TPSA) is 111 Å². The molecule has 0 spiro atoms. The molecule has 0 aromatic heterocycles. The maximum Gasteiger partial charge on any atom is 0.338 e. The van der Waals surface area contributed by atoms with Crippen LogP contribution in [-0.4, -0.2) is 62.1 Å². The summed E-state index contributed by atoms with van der Waals surface area (Å²) >= 11 is 0. The molecule has 168 valence electrons. The molecule has 1 aliphatic heterocycles. The number of rotatable bonds is 9. The molecule has 0 bridgehead atoms. The van der Waals surface area contributed by atoms with Gasteiger partial charge < -0.3 is 19.5 Å². The Hall–Kier alpha value is -3.72. The van der Waals surface area contributed by atoms with E-state index in [0.29, 0.717) is 24.5 Å². The van der Waals surface area contributed by atoms with Crippen molar-refractivity contribution in [1.29, 1.82) is 0 Å². The smallest absolute Gasteiger partial charge is 0.338 e. The van der Waals surface area contributed by atoms with Crippen molar-refractivity contribution in [2.24, 2.45) is 0 Å². The number of imide groups is 1. The average molecular weight is 440 g/mol. The second-order valence-corrected chi connectivity index (χ2v) is 7.11. The molecule has 1 atom stereocenters. The summed E-state index contributed by atoms with van der Waals surface area (Å²) < 4.78 is 15.4. The van der Waals surface area contributed by atoms with Crippen molar-refractivity contribution < 1.29 is 33.4 Å². The van der Waals surface area contributed by atoms with E-state index in [1.54, 1.807) is 24.3 Å². The predicted molar refractivity (Wildman–Crippen MR) is 115 cm³/mol. The molecular formula is C23H24N2O7. The number of benzene rings is 2. The highest BCUT2D eigenvalue weighted by Gasteiger charge is 2.36. The lowest BCUT2D eigenvalue weighted by atomic mass is 10.1. The van der Waals surface area contributed by atoms with Gasteiger partial charge in [-0.1, -0.05) is 12.1 Å². The van der Waals surface area contributed by atoms with Gasteiger partial charge in [-0.2, -0.15) is 0 Å². The molecule has 3 amide bonds. The Bertz CT molecular complexity index is 1050. The van der Waals surface area contributed by atoms with E-state index in [1.807, 2.05) is 0 Å². The molecule has 0 saturated heterocycles. The molecular weight excluding hydrogens is 416 g/mol. The van der Waals surface area contributed by atoms with Crippen LogP contribution >= 0.6 is 0 Å². The minimum Gasteiger partial charge on any atom is -0.495 e. The number of fused-ring (bicyclic) bond motifs is 1. The molecule has 1 N–H and O–H groups in total. The molecule has 0 radical (unpaired) electrons. The summed E-state index contributed by atoms with van der Waals surface area (Å²) in [4.78, 5) is 51.2. The first-order chi connectivity index (χ1) is 15.4. The molecule has 3 rings (SSSR count). The largest absolute Gasteiger partial charge is 0.495 e. The van der Waals surface area contributed by atoms with Crippen LogP contribution in [0.5, 0.6) is 5.75 Å². The lowest BCUT2D eigenvalue weighted by molar-refractivity contribution is -0.123. The third-order valence-electron chi connectivity index (χ3n) is 4.95. The molecule has 9 nitrogen and oxygen atoms in total. The van der Waals surface area contributed by atoms with Crippen molar-refractivity contribution in [3.05, 3.63) is 59.2 Å². The van der Waals surface area contributed by atoms with E-state index in [-0.39, 0.29) is 23.2 Å². The summed E-state index contributed by atoms with van der Waals surface area (Å²) in [7, 11) is 3.02. The summed E-state index contributed by atoms with van der Waals surface area (Å²) in [6.07, 6.45) is -0.598. The Balaban J connectivity index is 1.67. The van der Waals surface area contributed by atoms with Crippen LogP contribution in [-0.2, 0) is 14.3 Å². The van der Waals surface area contributed by atoms with E-state index >= 15 is 0 Å². The first-order valence-corrected chi connectivity index (χ1v) is 10.0. The standard InChI is InChI=1S/C23H24N2O7/c1-14(20(26)24-18-7-4-5-8-19(18)31-3)32-23(29)15-9-10-16-17(13-15)22(28)25(21(16)27)11-6-12-30-2/h4-5,7-10,13-14H,6,11-12H2,1-3H3,(H,24,26)/t14-/m0/s1. The number of para-hydroxylation sites is 2. The zero-order valence-corrected chi connectivity index (χ0v) is 18.0. The number of esters is 1. The fourth-order valence-corrected chi connectivity index (χ4v) is 3.25. The summed E-state index contributed by atoms with van der Waals surface area (Å²) in [5, 5.41) is 2.65. The van der Waals surface area contributed by atoms with E-state index in [1.165, 1.54) is 39.3 Å². The molecule has 9 heteroatoms. The van der Waals surface area contributed by atoms with Crippen molar-refractivity contribution in [1.82, 2.24) is 4.90 Å². The molecule has 2 aromatic carbocycles. The second kappa shape index (κ2) is 10.1. The first kappa shape index (κ1) is 23.0. The summed E-state index contributed by atoms with van der Waals surface area (Å²) in [5.41, 5.74) is 0.873. The Morgan fingerprint density at radius 2 is 1.75 bits per heavy atom. The molecule has 2 aromatic rings. The number of hydrogen-bond donors (Lipinski definition) is 1. The molecule has 1 aliphatic rings. The average Bonchev–Trinajstić information content (AvgIpc) is 3.03. The highest BCUT2D eigenvalue weighted by molar-refractivity contribution is 6.22. The van der Waals surface area contributed by atoms with E-state index in [4.69, 9.17) is 14.2 Å². The Morgan fingerprint density at radius 1 is 1.03 bits per heavy atom. The van der Waals surface area contributed by atoms with E-state index in [0.717, 1.165) is 4.90 Å². The molecule has 0 fully saturated rings. The van der Waals surface area contributed by atoms with Crippen molar-refractivity contribution in [2.45, 2.75) is 19.4 Å².